The second-order valence-electron chi connectivity index (χ2n) is 9.70. The highest BCUT2D eigenvalue weighted by Crippen LogP contribution is 2.32. The molecule has 7 nitrogen and oxygen atoms in total. The lowest BCUT2D eigenvalue weighted by atomic mass is 9.87. The number of carbonyl (C=O) groups excluding carboxylic acids is 2. The van der Waals surface area contributed by atoms with E-state index in [1.165, 1.54) is 11.0 Å². The van der Waals surface area contributed by atoms with Gasteiger partial charge in [0.2, 0.25) is 5.91 Å². The number of benzene rings is 2. The largest absolute Gasteiger partial charge is 0.482 e. The van der Waals surface area contributed by atoms with Gasteiger partial charge in [0, 0.05) is 30.6 Å². The number of rotatable bonds is 10. The molecule has 0 saturated carbocycles. The maximum Gasteiger partial charge on any atom is 0.416 e. The summed E-state index contributed by atoms with van der Waals surface area (Å²) < 4.78 is 46.1. The van der Waals surface area contributed by atoms with Gasteiger partial charge in [-0.2, -0.15) is 13.2 Å². The zero-order valence-electron chi connectivity index (χ0n) is 21.6. The van der Waals surface area contributed by atoms with Gasteiger partial charge in [0.15, 0.2) is 0 Å². The molecule has 1 aliphatic rings. The summed E-state index contributed by atoms with van der Waals surface area (Å²) in [6.07, 6.45) is -4.69. The van der Waals surface area contributed by atoms with Crippen LogP contribution in [0, 0.1) is 9.49 Å². The summed E-state index contributed by atoms with van der Waals surface area (Å²) in [6.45, 7) is 3.90. The fraction of sp³-hybridized carbons (Fsp3) is 0.429. The molecular formula is C28H32F3IN2O5. The molecule has 2 aromatic carbocycles. The molecule has 2 aromatic rings. The lowest BCUT2D eigenvalue weighted by molar-refractivity contribution is -0.137. The molecule has 0 bridgehead atoms. The lowest BCUT2D eigenvalue weighted by Gasteiger charge is -2.41. The lowest BCUT2D eigenvalue weighted by Crippen LogP contribution is -2.55. The third-order valence-electron chi connectivity index (χ3n) is 6.38. The number of nitrogens with one attached hydrogen (secondary N) is 1. The molecule has 3 N–H and O–H groups in total. The molecule has 0 heterocycles. The average molecular weight is 660 g/mol. The fourth-order valence-electron chi connectivity index (χ4n) is 4.25. The van der Waals surface area contributed by atoms with E-state index in [0.717, 1.165) is 27.8 Å². The van der Waals surface area contributed by atoms with Crippen molar-refractivity contribution in [2.45, 2.75) is 51.1 Å². The number of carbonyl (C=O) groups is 2. The number of nitrogens with zero attached hydrogens (tertiary/aromatic N) is 1. The summed E-state index contributed by atoms with van der Waals surface area (Å²) >= 11 is 2.09. The van der Waals surface area contributed by atoms with Crippen LogP contribution in [0.15, 0.2) is 60.2 Å². The molecule has 0 fully saturated rings. The zero-order chi connectivity index (χ0) is 28.7. The Labute approximate surface area is 239 Å². The van der Waals surface area contributed by atoms with Crippen LogP contribution < -0.4 is 10.1 Å². The van der Waals surface area contributed by atoms with Crippen LogP contribution >= 0.6 is 22.6 Å². The van der Waals surface area contributed by atoms with Gasteiger partial charge in [-0.05, 0) is 77.4 Å². The molecule has 2 amide bonds. The van der Waals surface area contributed by atoms with Crippen molar-refractivity contribution in [3.05, 3.63) is 74.9 Å². The van der Waals surface area contributed by atoms with Gasteiger partial charge in [0.05, 0.1) is 21.8 Å². The Balaban J connectivity index is 1.99. The first-order valence-corrected chi connectivity index (χ1v) is 13.7. The van der Waals surface area contributed by atoms with E-state index in [9.17, 15) is 27.9 Å². The molecule has 0 aromatic heterocycles. The molecule has 0 spiro atoms. The van der Waals surface area contributed by atoms with Crippen LogP contribution in [0.2, 0.25) is 0 Å². The second kappa shape index (κ2) is 13.6. The summed E-state index contributed by atoms with van der Waals surface area (Å²) in [7, 11) is 0. The van der Waals surface area contributed by atoms with Crippen molar-refractivity contribution in [2.24, 2.45) is 5.92 Å². The maximum atomic E-state index is 13.7. The normalized spacial score (nSPS) is 19.4. The van der Waals surface area contributed by atoms with Crippen LogP contribution in [0.5, 0.6) is 5.75 Å². The highest BCUT2D eigenvalue weighted by Gasteiger charge is 2.41. The van der Waals surface area contributed by atoms with Gasteiger partial charge >= 0.3 is 6.18 Å². The third-order valence-corrected chi connectivity index (χ3v) is 7.27. The molecule has 39 heavy (non-hydrogen) atoms. The van der Waals surface area contributed by atoms with Crippen molar-refractivity contribution in [2.75, 3.05) is 19.7 Å². The van der Waals surface area contributed by atoms with Crippen molar-refractivity contribution in [1.82, 2.24) is 10.2 Å². The Bertz CT molecular complexity index is 1170. The fourth-order valence-corrected chi connectivity index (χ4v) is 4.76. The monoisotopic (exact) mass is 660 g/mol. The van der Waals surface area contributed by atoms with Crippen molar-refractivity contribution in [1.29, 1.82) is 0 Å². The van der Waals surface area contributed by atoms with Gasteiger partial charge in [-0.1, -0.05) is 26.0 Å². The molecule has 0 saturated heterocycles. The van der Waals surface area contributed by atoms with E-state index < -0.39 is 41.8 Å². The Morgan fingerprint density at radius 2 is 1.82 bits per heavy atom. The molecule has 11 heteroatoms. The summed E-state index contributed by atoms with van der Waals surface area (Å²) in [6, 6.07) is 10.2. The van der Waals surface area contributed by atoms with Gasteiger partial charge < -0.3 is 25.2 Å². The predicted octanol–water partition coefficient (Wildman–Crippen LogP) is 4.41. The number of ether oxygens (including phenoxy) is 1. The molecular weight excluding hydrogens is 628 g/mol. The number of para-hydroxylation sites is 1. The van der Waals surface area contributed by atoms with Crippen molar-refractivity contribution in [3.63, 3.8) is 0 Å². The van der Waals surface area contributed by atoms with Crippen LogP contribution in [-0.2, 0) is 11.0 Å². The molecule has 212 valence electrons. The first kappa shape index (κ1) is 30.9. The Morgan fingerprint density at radius 3 is 2.41 bits per heavy atom. The van der Waals surface area contributed by atoms with Crippen LogP contribution in [0.4, 0.5) is 13.2 Å². The number of aliphatic hydroxyl groups is 2. The van der Waals surface area contributed by atoms with Crippen LogP contribution in [-0.4, -0.2) is 64.9 Å². The summed E-state index contributed by atoms with van der Waals surface area (Å²) in [5, 5.41) is 23.2. The second-order valence-corrected chi connectivity index (χ2v) is 10.9. The smallest absolute Gasteiger partial charge is 0.416 e. The summed E-state index contributed by atoms with van der Waals surface area (Å²) in [4.78, 5) is 28.0. The number of hydrogen-bond acceptors (Lipinski definition) is 5. The number of aliphatic hydroxyl groups excluding tert-OH is 2. The van der Waals surface area contributed by atoms with E-state index >= 15 is 0 Å². The minimum atomic E-state index is -4.54. The highest BCUT2D eigenvalue weighted by molar-refractivity contribution is 14.1. The molecule has 0 radical (unpaired) electrons. The predicted molar refractivity (Wildman–Crippen MR) is 148 cm³/mol. The number of amides is 2. The molecule has 0 aliphatic heterocycles. The minimum Gasteiger partial charge on any atom is -0.482 e. The topological polar surface area (TPSA) is 99.1 Å². The summed E-state index contributed by atoms with van der Waals surface area (Å²) in [5.74, 6) is -0.354. The van der Waals surface area contributed by atoms with Crippen LogP contribution in [0.3, 0.4) is 0 Å². The molecule has 3 atom stereocenters. The van der Waals surface area contributed by atoms with Crippen LogP contribution in [0.1, 0.15) is 42.6 Å². The average Bonchev–Trinajstić information content (AvgIpc) is 2.89. The van der Waals surface area contributed by atoms with E-state index in [1.54, 1.807) is 12.1 Å². The standard InChI is InChI=1S/C28H32F3IN2O5/c1-17(2)11-13-34(27(38)18-7-9-20(10-8-18)28(29,30)31)22-15-19(26(37)33-12-14-35)16-24(25(22)36)39-23-6-4-3-5-21(23)32/h3-10,16-17,22,24-25,35-36H,11-15H2,1-2H3,(H,33,37)/t22-,24+,25+/m1/s1. The Kier molecular flexibility index (Phi) is 10.8. The third kappa shape index (κ3) is 8.18. The van der Waals surface area contributed by atoms with E-state index in [0.29, 0.717) is 12.2 Å². The quantitative estimate of drug-likeness (QED) is 0.328. The van der Waals surface area contributed by atoms with Gasteiger partial charge in [-0.25, -0.2) is 0 Å². The first-order valence-electron chi connectivity index (χ1n) is 12.6. The van der Waals surface area contributed by atoms with Gasteiger partial charge in [0.1, 0.15) is 18.0 Å². The maximum absolute atomic E-state index is 13.7. The van der Waals surface area contributed by atoms with Crippen molar-refractivity contribution >= 4 is 34.4 Å². The van der Waals surface area contributed by atoms with Gasteiger partial charge in [-0.3, -0.25) is 9.59 Å². The highest BCUT2D eigenvalue weighted by atomic mass is 127. The van der Waals surface area contributed by atoms with Crippen molar-refractivity contribution < 1.29 is 37.7 Å². The van der Waals surface area contributed by atoms with E-state index in [-0.39, 0.29) is 43.2 Å². The number of halogens is 4. The van der Waals surface area contributed by atoms with Crippen LogP contribution in [0.25, 0.3) is 0 Å². The SMILES string of the molecule is CC(C)CCN(C(=O)c1ccc(C(F)(F)F)cc1)[C@@H]1CC(C(=O)NCCO)=C[C@H](Oc2ccccc2I)[C@H]1O. The molecule has 1 aliphatic carbocycles. The van der Waals surface area contributed by atoms with Gasteiger partial charge in [-0.15, -0.1) is 0 Å². The number of hydrogen-bond donors (Lipinski definition) is 3. The number of alkyl halides is 3. The Hall–Kier alpha value is -2.64. The van der Waals surface area contributed by atoms with E-state index in [1.807, 2.05) is 26.0 Å². The van der Waals surface area contributed by atoms with E-state index in [4.69, 9.17) is 9.84 Å². The molecule has 3 rings (SSSR count). The Morgan fingerprint density at radius 1 is 1.15 bits per heavy atom. The van der Waals surface area contributed by atoms with E-state index in [2.05, 4.69) is 27.9 Å². The zero-order valence-corrected chi connectivity index (χ0v) is 23.8. The van der Waals surface area contributed by atoms with Gasteiger partial charge in [0.25, 0.3) is 5.91 Å². The summed E-state index contributed by atoms with van der Waals surface area (Å²) in [5.41, 5.74) is -0.568. The van der Waals surface area contributed by atoms with Crippen molar-refractivity contribution in [3.8, 4) is 5.75 Å². The minimum absolute atomic E-state index is 0.00532. The molecule has 0 unspecified atom stereocenters. The first-order chi connectivity index (χ1) is 18.4.